The van der Waals surface area contributed by atoms with Gasteiger partial charge in [0.15, 0.2) is 11.5 Å². The van der Waals surface area contributed by atoms with Gasteiger partial charge in [0, 0.05) is 17.5 Å². The van der Waals surface area contributed by atoms with Crippen LogP contribution in [0.1, 0.15) is 10.4 Å². The normalized spacial score (nSPS) is 14.4. The lowest BCUT2D eigenvalue weighted by molar-refractivity contribution is 0.104. The molecule has 0 atom stereocenters. The molecule has 3 aromatic rings. The molecule has 1 heterocycles. The molecule has 164 valence electrons. The summed E-state index contributed by atoms with van der Waals surface area (Å²) < 4.78 is 64.3. The van der Waals surface area contributed by atoms with Gasteiger partial charge in [0.1, 0.15) is 16.5 Å². The summed E-state index contributed by atoms with van der Waals surface area (Å²) in [7, 11) is -1.45. The van der Waals surface area contributed by atoms with E-state index in [-0.39, 0.29) is 21.9 Å². The lowest BCUT2D eigenvalue weighted by Gasteiger charge is -2.29. The quantitative estimate of drug-likeness (QED) is 0.411. The van der Waals surface area contributed by atoms with E-state index in [9.17, 15) is 22.0 Å². The average Bonchev–Trinajstić information content (AvgIpc) is 2.78. The van der Waals surface area contributed by atoms with Gasteiger partial charge in [-0.1, -0.05) is 0 Å². The fourth-order valence-electron chi connectivity index (χ4n) is 3.40. The van der Waals surface area contributed by atoms with Crippen LogP contribution >= 0.6 is 0 Å². The third-order valence-corrected chi connectivity index (χ3v) is 6.77. The van der Waals surface area contributed by atoms with E-state index in [0.29, 0.717) is 11.4 Å². The number of carbonyl (C=O) groups is 1. The summed E-state index contributed by atoms with van der Waals surface area (Å²) in [4.78, 5) is 13.9. The summed E-state index contributed by atoms with van der Waals surface area (Å²) in [6.07, 6.45) is 1.11. The van der Waals surface area contributed by atoms with Crippen molar-refractivity contribution in [3.05, 3.63) is 89.0 Å². The fraction of sp³-hybridized carbons (Fsp3) is 0.0870. The fourth-order valence-corrected chi connectivity index (χ4v) is 4.92. The number of hydrogen-bond acceptors (Lipinski definition) is 6. The summed E-state index contributed by atoms with van der Waals surface area (Å²) in [5.74, 6) is -1.31. The molecule has 1 aliphatic rings. The number of carbonyl (C=O) groups excluding carboxylic acids is 1. The molecule has 0 saturated carbocycles. The van der Waals surface area contributed by atoms with Crippen molar-refractivity contribution >= 4 is 27.0 Å². The lowest BCUT2D eigenvalue weighted by Crippen LogP contribution is -2.26. The van der Waals surface area contributed by atoms with Crippen molar-refractivity contribution in [2.45, 2.75) is 4.90 Å². The molecule has 0 unspecified atom stereocenters. The smallest absolute Gasteiger partial charge is 0.214 e. The van der Waals surface area contributed by atoms with Crippen LogP contribution in [-0.4, -0.2) is 28.4 Å². The van der Waals surface area contributed by atoms with Crippen molar-refractivity contribution in [2.75, 3.05) is 19.1 Å². The van der Waals surface area contributed by atoms with Gasteiger partial charge in [0.05, 0.1) is 24.8 Å². The maximum absolute atomic E-state index is 14.0. The minimum Gasteiger partial charge on any atom is -0.493 e. The van der Waals surface area contributed by atoms with Gasteiger partial charge in [-0.15, -0.1) is 0 Å². The zero-order valence-electron chi connectivity index (χ0n) is 17.0. The molecule has 0 bridgehead atoms. The number of allylic oxidation sites excluding steroid dienone is 1. The Balaban J connectivity index is 1.90. The summed E-state index contributed by atoms with van der Waals surface area (Å²) in [6.45, 7) is 0. The largest absolute Gasteiger partial charge is 0.493 e. The molecular formula is C23H17F2NO5S. The van der Waals surface area contributed by atoms with Gasteiger partial charge < -0.3 is 14.4 Å². The Hall–Kier alpha value is -3.72. The van der Waals surface area contributed by atoms with Gasteiger partial charge in [0.2, 0.25) is 15.6 Å². The van der Waals surface area contributed by atoms with Crippen molar-refractivity contribution in [1.29, 1.82) is 0 Å². The molecule has 0 amide bonds. The van der Waals surface area contributed by atoms with E-state index in [1.54, 1.807) is 0 Å². The number of anilines is 2. The van der Waals surface area contributed by atoms with E-state index in [2.05, 4.69) is 0 Å². The van der Waals surface area contributed by atoms with Gasteiger partial charge in [-0.2, -0.15) is 0 Å². The lowest BCUT2D eigenvalue weighted by atomic mass is 10.1. The number of methoxy groups -OCH3 is 2. The highest BCUT2D eigenvalue weighted by Gasteiger charge is 2.36. The molecule has 32 heavy (non-hydrogen) atoms. The number of Topliss-reactive ketones (excluding diaryl/α,β-unsaturated/α-hetero) is 1. The van der Waals surface area contributed by atoms with Crippen LogP contribution in [0.4, 0.5) is 20.2 Å². The van der Waals surface area contributed by atoms with E-state index in [1.165, 1.54) is 61.6 Å². The Kier molecular flexibility index (Phi) is 5.43. The molecule has 4 rings (SSSR count). The van der Waals surface area contributed by atoms with Crippen molar-refractivity contribution < 1.29 is 31.5 Å². The van der Waals surface area contributed by atoms with Gasteiger partial charge in [-0.05, 0) is 60.7 Å². The molecule has 0 radical (unpaired) electrons. The van der Waals surface area contributed by atoms with Crippen LogP contribution in [0.5, 0.6) is 11.5 Å². The van der Waals surface area contributed by atoms with Crippen molar-refractivity contribution in [2.24, 2.45) is 0 Å². The molecule has 0 saturated heterocycles. The second-order valence-corrected chi connectivity index (χ2v) is 8.74. The van der Waals surface area contributed by atoms with E-state index >= 15 is 0 Å². The van der Waals surface area contributed by atoms with Crippen molar-refractivity contribution in [1.82, 2.24) is 0 Å². The van der Waals surface area contributed by atoms with Gasteiger partial charge in [-0.25, -0.2) is 17.2 Å². The SMILES string of the molecule is COc1ccc(C(=O)C2=CN(c3ccc(F)cc3)c3cc(F)ccc3S2(=O)=O)cc1OC. The topological polar surface area (TPSA) is 72.9 Å². The molecule has 0 aromatic heterocycles. The third-order valence-electron chi connectivity index (χ3n) is 4.98. The maximum Gasteiger partial charge on any atom is 0.214 e. The summed E-state index contributed by atoms with van der Waals surface area (Å²) >= 11 is 0. The first-order chi connectivity index (χ1) is 15.3. The van der Waals surface area contributed by atoms with Crippen molar-refractivity contribution in [3.63, 3.8) is 0 Å². The first kappa shape index (κ1) is 21.5. The Morgan fingerprint density at radius 3 is 2.16 bits per heavy atom. The molecule has 6 nitrogen and oxygen atoms in total. The molecule has 0 aliphatic carbocycles. The molecule has 1 aliphatic heterocycles. The molecule has 0 spiro atoms. The summed E-state index contributed by atoms with van der Waals surface area (Å²) in [5.41, 5.74) is 0.424. The predicted molar refractivity (Wildman–Crippen MR) is 114 cm³/mol. The predicted octanol–water partition coefficient (Wildman–Crippen LogP) is 4.63. The molecule has 0 fully saturated rings. The van der Waals surface area contributed by atoms with Crippen LogP contribution in [-0.2, 0) is 9.84 Å². The van der Waals surface area contributed by atoms with Crippen LogP contribution in [0, 0.1) is 11.6 Å². The Morgan fingerprint density at radius 2 is 1.50 bits per heavy atom. The highest BCUT2D eigenvalue weighted by molar-refractivity contribution is 7.96. The van der Waals surface area contributed by atoms with Crippen LogP contribution < -0.4 is 14.4 Å². The minimum atomic E-state index is -4.27. The number of hydrogen-bond donors (Lipinski definition) is 0. The molecule has 0 N–H and O–H groups in total. The average molecular weight is 457 g/mol. The Morgan fingerprint density at radius 1 is 0.844 bits per heavy atom. The van der Waals surface area contributed by atoms with Gasteiger partial charge >= 0.3 is 0 Å². The number of ether oxygens (including phenoxy) is 2. The Labute approximate surface area is 183 Å². The first-order valence-corrected chi connectivity index (χ1v) is 10.8. The van der Waals surface area contributed by atoms with Crippen LogP contribution in [0.25, 0.3) is 0 Å². The Bertz CT molecular complexity index is 1350. The molecule has 3 aromatic carbocycles. The third kappa shape index (κ3) is 3.60. The second kappa shape index (κ2) is 8.08. The number of sulfone groups is 1. The zero-order valence-corrected chi connectivity index (χ0v) is 17.8. The van der Waals surface area contributed by atoms with E-state index in [1.807, 2.05) is 0 Å². The van der Waals surface area contributed by atoms with Crippen molar-refractivity contribution in [3.8, 4) is 11.5 Å². The number of nitrogens with zero attached hydrogens (tertiary/aromatic N) is 1. The number of halogens is 2. The van der Waals surface area contributed by atoms with Crippen LogP contribution in [0.2, 0.25) is 0 Å². The molecular weight excluding hydrogens is 440 g/mol. The number of rotatable bonds is 5. The number of ketones is 1. The van der Waals surface area contributed by atoms with Gasteiger partial charge in [-0.3, -0.25) is 4.79 Å². The summed E-state index contributed by atoms with van der Waals surface area (Å²) in [6, 6.07) is 12.6. The summed E-state index contributed by atoms with van der Waals surface area (Å²) in [5, 5.41) is 0. The standard InChI is InChI=1S/C23H17F2NO5S/c1-30-19-9-3-14(11-20(19)31-2)23(27)22-13-26(17-7-4-15(24)5-8-17)18-12-16(25)6-10-21(18)32(22,28)29/h3-13H,1-2H3. The molecule has 9 heteroatoms. The van der Waals surface area contributed by atoms with E-state index < -0.39 is 32.2 Å². The number of fused-ring (bicyclic) bond motifs is 1. The van der Waals surface area contributed by atoms with E-state index in [4.69, 9.17) is 9.47 Å². The minimum absolute atomic E-state index is 0.0143. The first-order valence-electron chi connectivity index (χ1n) is 9.34. The van der Waals surface area contributed by atoms with Crippen LogP contribution in [0.3, 0.4) is 0 Å². The maximum atomic E-state index is 14.0. The van der Waals surface area contributed by atoms with E-state index in [0.717, 1.165) is 24.4 Å². The zero-order chi connectivity index (χ0) is 23.0. The highest BCUT2D eigenvalue weighted by Crippen LogP contribution is 2.41. The van der Waals surface area contributed by atoms with Gasteiger partial charge in [0.25, 0.3) is 0 Å². The van der Waals surface area contributed by atoms with Crippen LogP contribution in [0.15, 0.2) is 76.7 Å². The highest BCUT2D eigenvalue weighted by atomic mass is 32.2. The monoisotopic (exact) mass is 457 g/mol. The second-order valence-electron chi connectivity index (χ2n) is 6.85. The number of benzene rings is 3.